The average Bonchev–Trinajstić information content (AvgIpc) is 2.48. The predicted octanol–water partition coefficient (Wildman–Crippen LogP) is 2.98. The maximum atomic E-state index is 13.1. The Morgan fingerprint density at radius 2 is 2.05 bits per heavy atom. The van der Waals surface area contributed by atoms with Crippen LogP contribution in [0.25, 0.3) is 0 Å². The summed E-state index contributed by atoms with van der Waals surface area (Å²) in [6.45, 7) is 3.56. The summed E-state index contributed by atoms with van der Waals surface area (Å²) >= 11 is 0. The minimum atomic E-state index is -1.02. The molecule has 110 valence electrons. The van der Waals surface area contributed by atoms with Crippen molar-refractivity contribution >= 4 is 5.78 Å². The summed E-state index contributed by atoms with van der Waals surface area (Å²) in [6.07, 6.45) is 1.18. The molecule has 0 saturated carbocycles. The van der Waals surface area contributed by atoms with Gasteiger partial charge in [-0.2, -0.15) is 0 Å². The molecule has 0 amide bonds. The summed E-state index contributed by atoms with van der Waals surface area (Å²) in [5.74, 6) is -1.93. The molecule has 2 rings (SSSR count). The third-order valence-electron chi connectivity index (χ3n) is 3.50. The van der Waals surface area contributed by atoms with Crippen LogP contribution in [0, 0.1) is 17.6 Å². The summed E-state index contributed by atoms with van der Waals surface area (Å²) < 4.78 is 36.7. The number of ether oxygens (including phenoxy) is 2. The van der Waals surface area contributed by atoms with Crippen LogP contribution in [0.5, 0.6) is 0 Å². The molecule has 0 spiro atoms. The van der Waals surface area contributed by atoms with Crippen molar-refractivity contribution in [3.05, 3.63) is 35.4 Å². The highest BCUT2D eigenvalue weighted by atomic mass is 19.2. The molecule has 3 nitrogen and oxygen atoms in total. The van der Waals surface area contributed by atoms with Crippen molar-refractivity contribution in [2.24, 2.45) is 5.92 Å². The van der Waals surface area contributed by atoms with E-state index in [0.29, 0.717) is 12.5 Å². The Bertz CT molecular complexity index is 470. The number of carbonyl (C=O) groups is 1. The zero-order valence-electron chi connectivity index (χ0n) is 11.4. The summed E-state index contributed by atoms with van der Waals surface area (Å²) in [7, 11) is 0. The molecule has 1 fully saturated rings. The van der Waals surface area contributed by atoms with Gasteiger partial charge in [-0.15, -0.1) is 0 Å². The normalized spacial score (nSPS) is 17.9. The monoisotopic (exact) mass is 284 g/mol. The second-order valence-corrected chi connectivity index (χ2v) is 5.02. The summed E-state index contributed by atoms with van der Waals surface area (Å²) in [5.41, 5.74) is 0.128. The quantitative estimate of drug-likeness (QED) is 0.780. The van der Waals surface area contributed by atoms with Gasteiger partial charge in [-0.3, -0.25) is 4.79 Å². The molecular formula is C15H18F2O3. The molecule has 5 heteroatoms. The van der Waals surface area contributed by atoms with E-state index in [1.807, 2.05) is 0 Å². The van der Waals surface area contributed by atoms with E-state index >= 15 is 0 Å². The fraction of sp³-hybridized carbons (Fsp3) is 0.533. The summed E-state index contributed by atoms with van der Waals surface area (Å²) in [6, 6.07) is 3.13. The van der Waals surface area contributed by atoms with E-state index in [4.69, 9.17) is 9.47 Å². The van der Waals surface area contributed by atoms with Gasteiger partial charge in [0.1, 0.15) is 6.10 Å². The SMILES string of the molecule is CC(OCC1CCOCC1)C(=O)c1ccc(F)c(F)c1. The van der Waals surface area contributed by atoms with Crippen molar-refractivity contribution in [2.75, 3.05) is 19.8 Å². The van der Waals surface area contributed by atoms with E-state index in [0.717, 1.165) is 38.2 Å². The van der Waals surface area contributed by atoms with E-state index in [2.05, 4.69) is 0 Å². The zero-order valence-corrected chi connectivity index (χ0v) is 11.4. The molecule has 0 bridgehead atoms. The van der Waals surface area contributed by atoms with Crippen molar-refractivity contribution in [1.82, 2.24) is 0 Å². The first-order chi connectivity index (χ1) is 9.58. The lowest BCUT2D eigenvalue weighted by atomic mass is 10.0. The van der Waals surface area contributed by atoms with Crippen molar-refractivity contribution < 1.29 is 23.0 Å². The third kappa shape index (κ3) is 3.84. The van der Waals surface area contributed by atoms with Gasteiger partial charge in [0.05, 0.1) is 6.61 Å². The summed E-state index contributed by atoms with van der Waals surface area (Å²) in [4.78, 5) is 12.0. The van der Waals surface area contributed by atoms with Gasteiger partial charge < -0.3 is 9.47 Å². The van der Waals surface area contributed by atoms with Gasteiger partial charge in [0.25, 0.3) is 0 Å². The number of rotatable bonds is 5. The van der Waals surface area contributed by atoms with Crippen molar-refractivity contribution in [2.45, 2.75) is 25.9 Å². The lowest BCUT2D eigenvalue weighted by Crippen LogP contribution is -2.27. The molecule has 1 atom stereocenters. The Labute approximate surface area is 116 Å². The predicted molar refractivity (Wildman–Crippen MR) is 69.6 cm³/mol. The van der Waals surface area contributed by atoms with E-state index in [1.54, 1.807) is 6.92 Å². The van der Waals surface area contributed by atoms with Crippen LogP contribution >= 0.6 is 0 Å². The van der Waals surface area contributed by atoms with E-state index in [1.165, 1.54) is 6.07 Å². The van der Waals surface area contributed by atoms with Crippen LogP contribution in [0.15, 0.2) is 18.2 Å². The molecule has 0 aromatic heterocycles. The molecule has 0 N–H and O–H groups in total. The number of benzene rings is 1. The minimum absolute atomic E-state index is 0.128. The highest BCUT2D eigenvalue weighted by Gasteiger charge is 2.20. The second kappa shape index (κ2) is 6.90. The fourth-order valence-corrected chi connectivity index (χ4v) is 2.15. The molecule has 20 heavy (non-hydrogen) atoms. The van der Waals surface area contributed by atoms with Crippen LogP contribution in [0.2, 0.25) is 0 Å². The topological polar surface area (TPSA) is 35.5 Å². The van der Waals surface area contributed by atoms with Crippen molar-refractivity contribution in [1.29, 1.82) is 0 Å². The van der Waals surface area contributed by atoms with Crippen molar-refractivity contribution in [3.8, 4) is 0 Å². The number of ketones is 1. The second-order valence-electron chi connectivity index (χ2n) is 5.02. The highest BCUT2D eigenvalue weighted by molar-refractivity contribution is 5.99. The minimum Gasteiger partial charge on any atom is -0.381 e. The van der Waals surface area contributed by atoms with E-state index < -0.39 is 17.7 Å². The number of Topliss-reactive ketones (excluding diaryl/α,β-unsaturated/α-hetero) is 1. The Balaban J connectivity index is 1.89. The molecule has 1 aromatic carbocycles. The van der Waals surface area contributed by atoms with E-state index in [-0.39, 0.29) is 11.3 Å². The Hall–Kier alpha value is -1.33. The first-order valence-corrected chi connectivity index (χ1v) is 6.76. The smallest absolute Gasteiger partial charge is 0.191 e. The zero-order chi connectivity index (χ0) is 14.5. The molecule has 1 aromatic rings. The number of carbonyl (C=O) groups excluding carboxylic acids is 1. The summed E-state index contributed by atoms with van der Waals surface area (Å²) in [5, 5.41) is 0. The lowest BCUT2D eigenvalue weighted by Gasteiger charge is -2.23. The molecule has 1 saturated heterocycles. The van der Waals surface area contributed by atoms with Crippen LogP contribution in [0.4, 0.5) is 8.78 Å². The highest BCUT2D eigenvalue weighted by Crippen LogP contribution is 2.17. The first kappa shape index (κ1) is 15.1. The van der Waals surface area contributed by atoms with Crippen LogP contribution < -0.4 is 0 Å². The van der Waals surface area contributed by atoms with Gasteiger partial charge in [-0.25, -0.2) is 8.78 Å². The average molecular weight is 284 g/mol. The Kier molecular flexibility index (Phi) is 5.20. The molecule has 1 aliphatic rings. The van der Waals surface area contributed by atoms with Gasteiger partial charge in [0, 0.05) is 18.8 Å². The third-order valence-corrected chi connectivity index (χ3v) is 3.50. The standard InChI is InChI=1S/C15H18F2O3/c1-10(20-9-11-4-6-19-7-5-11)15(18)12-2-3-13(16)14(17)8-12/h2-3,8,10-11H,4-7,9H2,1H3. The molecular weight excluding hydrogens is 266 g/mol. The fourth-order valence-electron chi connectivity index (χ4n) is 2.15. The molecule has 0 aliphatic carbocycles. The number of hydrogen-bond acceptors (Lipinski definition) is 3. The van der Waals surface area contributed by atoms with Gasteiger partial charge >= 0.3 is 0 Å². The van der Waals surface area contributed by atoms with Crippen LogP contribution in [0.1, 0.15) is 30.1 Å². The van der Waals surface area contributed by atoms with Crippen LogP contribution in [-0.4, -0.2) is 31.7 Å². The number of hydrogen-bond donors (Lipinski definition) is 0. The Morgan fingerprint density at radius 3 is 2.70 bits per heavy atom. The number of halogens is 2. The van der Waals surface area contributed by atoms with Gasteiger partial charge in [0.2, 0.25) is 0 Å². The van der Waals surface area contributed by atoms with Crippen LogP contribution in [-0.2, 0) is 9.47 Å². The van der Waals surface area contributed by atoms with Gasteiger partial charge in [-0.05, 0) is 43.9 Å². The molecule has 0 radical (unpaired) electrons. The maximum absolute atomic E-state index is 13.1. The molecule has 1 heterocycles. The first-order valence-electron chi connectivity index (χ1n) is 6.76. The Morgan fingerprint density at radius 1 is 1.35 bits per heavy atom. The van der Waals surface area contributed by atoms with E-state index in [9.17, 15) is 13.6 Å². The van der Waals surface area contributed by atoms with Crippen molar-refractivity contribution in [3.63, 3.8) is 0 Å². The molecule has 1 aliphatic heterocycles. The lowest BCUT2D eigenvalue weighted by molar-refractivity contribution is -0.000228. The van der Waals surface area contributed by atoms with Crippen LogP contribution in [0.3, 0.4) is 0 Å². The molecule has 1 unspecified atom stereocenters. The van der Waals surface area contributed by atoms with Gasteiger partial charge in [0.15, 0.2) is 17.4 Å². The van der Waals surface area contributed by atoms with Gasteiger partial charge in [-0.1, -0.05) is 0 Å². The largest absolute Gasteiger partial charge is 0.381 e. The maximum Gasteiger partial charge on any atom is 0.191 e.